The SMILES string of the molecule is CCOC(=O)c1ccc(-c2c(C(=O)OCC)coc2-c2ccc(C)cc2)cc1. The van der Waals surface area contributed by atoms with Crippen LogP contribution in [-0.4, -0.2) is 25.2 Å². The van der Waals surface area contributed by atoms with E-state index in [1.165, 1.54) is 6.26 Å². The van der Waals surface area contributed by atoms with Gasteiger partial charge in [0.1, 0.15) is 17.6 Å². The van der Waals surface area contributed by atoms with Gasteiger partial charge < -0.3 is 13.9 Å². The highest BCUT2D eigenvalue weighted by Gasteiger charge is 2.23. The zero-order valence-corrected chi connectivity index (χ0v) is 16.2. The smallest absolute Gasteiger partial charge is 0.342 e. The summed E-state index contributed by atoms with van der Waals surface area (Å²) in [4.78, 5) is 24.3. The van der Waals surface area contributed by atoms with Crippen LogP contribution in [0.2, 0.25) is 0 Å². The molecule has 0 radical (unpaired) electrons. The Kier molecular flexibility index (Phi) is 5.94. The number of hydrogen-bond donors (Lipinski definition) is 0. The van der Waals surface area contributed by atoms with Gasteiger partial charge in [-0.1, -0.05) is 42.0 Å². The summed E-state index contributed by atoms with van der Waals surface area (Å²) in [6, 6.07) is 14.8. The number of aryl methyl sites for hydroxylation is 1. The standard InChI is InChI=1S/C23H22O5/c1-4-26-22(24)18-12-10-16(11-13-18)20-19(23(25)27-5-2)14-28-21(20)17-8-6-15(3)7-9-17/h6-14H,4-5H2,1-3H3. The molecule has 5 heteroatoms. The molecule has 0 aliphatic carbocycles. The van der Waals surface area contributed by atoms with E-state index in [0.717, 1.165) is 16.7 Å². The van der Waals surface area contributed by atoms with Gasteiger partial charge in [0.15, 0.2) is 0 Å². The van der Waals surface area contributed by atoms with Crippen molar-refractivity contribution in [3.63, 3.8) is 0 Å². The van der Waals surface area contributed by atoms with Crippen molar-refractivity contribution in [2.75, 3.05) is 13.2 Å². The van der Waals surface area contributed by atoms with Crippen molar-refractivity contribution in [2.24, 2.45) is 0 Å². The van der Waals surface area contributed by atoms with Gasteiger partial charge in [0.2, 0.25) is 0 Å². The molecule has 0 N–H and O–H groups in total. The Morgan fingerprint density at radius 3 is 2.00 bits per heavy atom. The minimum Gasteiger partial charge on any atom is -0.463 e. The first-order valence-corrected chi connectivity index (χ1v) is 9.18. The summed E-state index contributed by atoms with van der Waals surface area (Å²) < 4.78 is 16.0. The molecular formula is C23H22O5. The van der Waals surface area contributed by atoms with Gasteiger partial charge in [0, 0.05) is 11.1 Å². The highest BCUT2D eigenvalue weighted by atomic mass is 16.5. The number of furan rings is 1. The predicted octanol–water partition coefficient (Wildman–Crippen LogP) is 5.28. The van der Waals surface area contributed by atoms with Gasteiger partial charge in [-0.05, 0) is 38.5 Å². The summed E-state index contributed by atoms with van der Waals surface area (Å²) in [5, 5.41) is 0. The van der Waals surface area contributed by atoms with E-state index in [4.69, 9.17) is 13.9 Å². The van der Waals surface area contributed by atoms with Crippen LogP contribution in [0, 0.1) is 6.92 Å². The van der Waals surface area contributed by atoms with E-state index in [0.29, 0.717) is 29.1 Å². The fourth-order valence-electron chi connectivity index (χ4n) is 2.91. The molecule has 0 aliphatic rings. The van der Waals surface area contributed by atoms with Crippen molar-refractivity contribution in [1.29, 1.82) is 0 Å². The number of esters is 2. The van der Waals surface area contributed by atoms with E-state index in [9.17, 15) is 9.59 Å². The molecule has 2 aromatic carbocycles. The molecule has 3 rings (SSSR count). The van der Waals surface area contributed by atoms with Gasteiger partial charge in [-0.15, -0.1) is 0 Å². The molecule has 1 aromatic heterocycles. The summed E-state index contributed by atoms with van der Waals surface area (Å²) >= 11 is 0. The zero-order valence-electron chi connectivity index (χ0n) is 16.2. The maximum atomic E-state index is 12.4. The maximum absolute atomic E-state index is 12.4. The Labute approximate surface area is 163 Å². The Bertz CT molecular complexity index is 965. The van der Waals surface area contributed by atoms with E-state index in [1.54, 1.807) is 38.1 Å². The van der Waals surface area contributed by atoms with E-state index < -0.39 is 5.97 Å². The Morgan fingerprint density at radius 2 is 1.39 bits per heavy atom. The molecule has 0 aliphatic heterocycles. The zero-order chi connectivity index (χ0) is 20.1. The molecule has 0 saturated heterocycles. The first-order valence-electron chi connectivity index (χ1n) is 9.18. The highest BCUT2D eigenvalue weighted by molar-refractivity contribution is 6.01. The normalized spacial score (nSPS) is 10.5. The highest BCUT2D eigenvalue weighted by Crippen LogP contribution is 2.37. The number of hydrogen-bond acceptors (Lipinski definition) is 5. The summed E-state index contributed by atoms with van der Waals surface area (Å²) in [6.45, 7) is 6.10. The molecule has 5 nitrogen and oxygen atoms in total. The van der Waals surface area contributed by atoms with Crippen molar-refractivity contribution in [3.05, 3.63) is 71.5 Å². The van der Waals surface area contributed by atoms with Crippen LogP contribution in [0.4, 0.5) is 0 Å². The average molecular weight is 378 g/mol. The molecule has 0 unspecified atom stereocenters. The van der Waals surface area contributed by atoms with Crippen molar-refractivity contribution in [1.82, 2.24) is 0 Å². The average Bonchev–Trinajstić information content (AvgIpc) is 3.14. The van der Waals surface area contributed by atoms with Crippen LogP contribution in [0.1, 0.15) is 40.1 Å². The topological polar surface area (TPSA) is 65.7 Å². The summed E-state index contributed by atoms with van der Waals surface area (Å²) in [6.07, 6.45) is 1.42. The van der Waals surface area contributed by atoms with E-state index in [2.05, 4.69) is 0 Å². The number of ether oxygens (including phenoxy) is 2. The Hall–Kier alpha value is -3.34. The lowest BCUT2D eigenvalue weighted by Crippen LogP contribution is -2.06. The van der Waals surface area contributed by atoms with Crippen LogP contribution in [0.15, 0.2) is 59.2 Å². The fraction of sp³-hybridized carbons (Fsp3) is 0.217. The van der Waals surface area contributed by atoms with Crippen molar-refractivity contribution >= 4 is 11.9 Å². The van der Waals surface area contributed by atoms with Crippen LogP contribution >= 0.6 is 0 Å². The second kappa shape index (κ2) is 8.57. The van der Waals surface area contributed by atoms with E-state index in [-0.39, 0.29) is 12.6 Å². The first-order chi connectivity index (χ1) is 13.5. The largest absolute Gasteiger partial charge is 0.463 e. The molecule has 0 fully saturated rings. The molecule has 1 heterocycles. The van der Waals surface area contributed by atoms with Gasteiger partial charge in [0.25, 0.3) is 0 Å². The minimum atomic E-state index is -0.450. The van der Waals surface area contributed by atoms with Gasteiger partial charge in [-0.25, -0.2) is 9.59 Å². The van der Waals surface area contributed by atoms with E-state index in [1.807, 2.05) is 31.2 Å². The molecule has 144 valence electrons. The van der Waals surface area contributed by atoms with Crippen molar-refractivity contribution in [2.45, 2.75) is 20.8 Å². The Balaban J connectivity index is 2.08. The summed E-state index contributed by atoms with van der Waals surface area (Å²) in [5.41, 5.74) is 4.16. The number of rotatable bonds is 6. The lowest BCUT2D eigenvalue weighted by atomic mass is 9.97. The second-order valence-corrected chi connectivity index (χ2v) is 6.24. The second-order valence-electron chi connectivity index (χ2n) is 6.24. The van der Waals surface area contributed by atoms with E-state index >= 15 is 0 Å². The third kappa shape index (κ3) is 3.98. The van der Waals surface area contributed by atoms with Gasteiger partial charge >= 0.3 is 11.9 Å². The van der Waals surface area contributed by atoms with Crippen LogP contribution in [0.5, 0.6) is 0 Å². The minimum absolute atomic E-state index is 0.269. The van der Waals surface area contributed by atoms with Crippen LogP contribution in [0.25, 0.3) is 22.5 Å². The van der Waals surface area contributed by atoms with Gasteiger partial charge in [-0.3, -0.25) is 0 Å². The summed E-state index contributed by atoms with van der Waals surface area (Å²) in [5.74, 6) is -0.258. The number of benzene rings is 2. The van der Waals surface area contributed by atoms with Crippen LogP contribution in [-0.2, 0) is 9.47 Å². The molecule has 0 amide bonds. The third-order valence-corrected chi connectivity index (χ3v) is 4.28. The van der Waals surface area contributed by atoms with Crippen LogP contribution < -0.4 is 0 Å². The lowest BCUT2D eigenvalue weighted by molar-refractivity contribution is 0.0516. The molecule has 0 atom stereocenters. The monoisotopic (exact) mass is 378 g/mol. The van der Waals surface area contributed by atoms with Gasteiger partial charge in [0.05, 0.1) is 18.8 Å². The van der Waals surface area contributed by atoms with Crippen molar-refractivity contribution in [3.8, 4) is 22.5 Å². The molecule has 0 spiro atoms. The molecular weight excluding hydrogens is 356 g/mol. The molecule has 3 aromatic rings. The molecule has 28 heavy (non-hydrogen) atoms. The quantitative estimate of drug-likeness (QED) is 0.546. The predicted molar refractivity (Wildman–Crippen MR) is 106 cm³/mol. The molecule has 0 bridgehead atoms. The number of carbonyl (C=O) groups excluding carboxylic acids is 2. The third-order valence-electron chi connectivity index (χ3n) is 4.28. The first kappa shape index (κ1) is 19.4. The van der Waals surface area contributed by atoms with Crippen molar-refractivity contribution < 1.29 is 23.5 Å². The molecule has 0 saturated carbocycles. The number of carbonyl (C=O) groups is 2. The van der Waals surface area contributed by atoms with Gasteiger partial charge in [-0.2, -0.15) is 0 Å². The maximum Gasteiger partial charge on any atom is 0.342 e. The lowest BCUT2D eigenvalue weighted by Gasteiger charge is -2.08. The fourth-order valence-corrected chi connectivity index (χ4v) is 2.91. The Morgan fingerprint density at radius 1 is 0.821 bits per heavy atom. The summed E-state index contributed by atoms with van der Waals surface area (Å²) in [7, 11) is 0. The van der Waals surface area contributed by atoms with Crippen LogP contribution in [0.3, 0.4) is 0 Å².